The highest BCUT2D eigenvalue weighted by Gasteiger charge is 2.22. The number of nitrogens with zero attached hydrogens (tertiary/aromatic N) is 1. The number of carbonyl (C=O) groups is 1. The summed E-state index contributed by atoms with van der Waals surface area (Å²) in [5, 5.41) is 3.08. The fourth-order valence-electron chi connectivity index (χ4n) is 3.54. The van der Waals surface area contributed by atoms with Crippen molar-refractivity contribution >= 4 is 30.7 Å². The molecular weight excluding hydrogens is 393 g/mol. The van der Waals surface area contributed by atoms with Crippen molar-refractivity contribution < 1.29 is 4.79 Å². The SMILES string of the molecule is CC(C(=O)NCc1ccccc1CN1CCCC1)C(N)c1ccccc1.Cl.Cl. The lowest BCUT2D eigenvalue weighted by atomic mass is 9.94. The van der Waals surface area contributed by atoms with Gasteiger partial charge in [0.2, 0.25) is 5.91 Å². The number of halogens is 2. The van der Waals surface area contributed by atoms with E-state index in [1.165, 1.54) is 37.1 Å². The Bertz CT molecular complexity index is 721. The predicted molar refractivity (Wildman–Crippen MR) is 120 cm³/mol. The van der Waals surface area contributed by atoms with Crippen molar-refractivity contribution in [2.75, 3.05) is 13.1 Å². The number of nitrogens with two attached hydrogens (primary N) is 1. The Kier molecular flexibility index (Phi) is 10.5. The third kappa shape index (κ3) is 6.49. The normalized spacial score (nSPS) is 15.8. The predicted octanol–water partition coefficient (Wildman–Crippen LogP) is 4.08. The van der Waals surface area contributed by atoms with E-state index >= 15 is 0 Å². The standard InChI is InChI=1S/C22H29N3O.2ClH/c1-17(21(23)18-9-3-2-4-10-18)22(26)24-15-19-11-5-6-12-20(19)16-25-13-7-8-14-25;;/h2-6,9-12,17,21H,7-8,13-16,23H2,1H3,(H,24,26);2*1H. The quantitative estimate of drug-likeness (QED) is 0.704. The molecule has 154 valence electrons. The minimum absolute atomic E-state index is 0. The van der Waals surface area contributed by atoms with Crippen LogP contribution in [-0.4, -0.2) is 23.9 Å². The molecule has 0 aliphatic carbocycles. The summed E-state index contributed by atoms with van der Waals surface area (Å²) in [5.74, 6) is -0.277. The average Bonchev–Trinajstić information content (AvgIpc) is 3.19. The number of benzene rings is 2. The highest BCUT2D eigenvalue weighted by molar-refractivity contribution is 5.85. The Balaban J connectivity index is 0.00000196. The van der Waals surface area contributed by atoms with Crippen LogP contribution in [0.1, 0.15) is 42.5 Å². The molecule has 1 fully saturated rings. The molecule has 28 heavy (non-hydrogen) atoms. The van der Waals surface area contributed by atoms with E-state index in [0.29, 0.717) is 6.54 Å². The van der Waals surface area contributed by atoms with Crippen LogP contribution in [0.15, 0.2) is 54.6 Å². The first-order chi connectivity index (χ1) is 12.6. The van der Waals surface area contributed by atoms with Crippen molar-refractivity contribution in [2.45, 2.75) is 38.9 Å². The molecule has 1 aliphatic heterocycles. The van der Waals surface area contributed by atoms with Gasteiger partial charge in [0.05, 0.1) is 5.92 Å². The number of hydrogen-bond donors (Lipinski definition) is 2. The molecule has 0 bridgehead atoms. The molecule has 0 saturated carbocycles. The second-order valence-corrected chi connectivity index (χ2v) is 7.19. The molecule has 2 atom stereocenters. The van der Waals surface area contributed by atoms with Crippen LogP contribution in [0.2, 0.25) is 0 Å². The Labute approximate surface area is 180 Å². The molecule has 4 nitrogen and oxygen atoms in total. The fourth-order valence-corrected chi connectivity index (χ4v) is 3.54. The molecule has 3 N–H and O–H groups in total. The molecule has 1 aliphatic rings. The molecule has 6 heteroatoms. The summed E-state index contributed by atoms with van der Waals surface area (Å²) in [6.07, 6.45) is 2.57. The highest BCUT2D eigenvalue weighted by Crippen LogP contribution is 2.20. The highest BCUT2D eigenvalue weighted by atomic mass is 35.5. The number of rotatable bonds is 7. The van der Waals surface area contributed by atoms with E-state index in [1.54, 1.807) is 0 Å². The number of amides is 1. The molecular formula is C22H31Cl2N3O. The van der Waals surface area contributed by atoms with Gasteiger partial charge in [0.15, 0.2) is 0 Å². The first-order valence-corrected chi connectivity index (χ1v) is 9.52. The summed E-state index contributed by atoms with van der Waals surface area (Å²) in [5.41, 5.74) is 9.76. The summed E-state index contributed by atoms with van der Waals surface area (Å²) >= 11 is 0. The summed E-state index contributed by atoms with van der Waals surface area (Å²) < 4.78 is 0. The summed E-state index contributed by atoms with van der Waals surface area (Å²) in [6, 6.07) is 17.9. The third-order valence-electron chi connectivity index (χ3n) is 5.30. The van der Waals surface area contributed by atoms with Gasteiger partial charge in [-0.25, -0.2) is 0 Å². The maximum atomic E-state index is 12.6. The second kappa shape index (κ2) is 12.1. The maximum absolute atomic E-state index is 12.6. The maximum Gasteiger partial charge on any atom is 0.225 e. The van der Waals surface area contributed by atoms with E-state index in [9.17, 15) is 4.79 Å². The van der Waals surface area contributed by atoms with Gasteiger partial charge in [0.25, 0.3) is 0 Å². The molecule has 2 aromatic carbocycles. The van der Waals surface area contributed by atoms with E-state index in [2.05, 4.69) is 28.4 Å². The van der Waals surface area contributed by atoms with E-state index in [4.69, 9.17) is 5.73 Å². The monoisotopic (exact) mass is 423 g/mol. The minimum Gasteiger partial charge on any atom is -0.352 e. The lowest BCUT2D eigenvalue weighted by Gasteiger charge is -2.21. The molecule has 0 spiro atoms. The number of likely N-dealkylation sites (tertiary alicyclic amines) is 1. The molecule has 3 rings (SSSR count). The van der Waals surface area contributed by atoms with Crippen molar-refractivity contribution in [3.8, 4) is 0 Å². The van der Waals surface area contributed by atoms with Gasteiger partial charge >= 0.3 is 0 Å². The Morgan fingerprint density at radius 3 is 2.21 bits per heavy atom. The van der Waals surface area contributed by atoms with Crippen LogP contribution >= 0.6 is 24.8 Å². The topological polar surface area (TPSA) is 58.4 Å². The molecule has 0 radical (unpaired) electrons. The Morgan fingerprint density at radius 2 is 1.57 bits per heavy atom. The zero-order valence-electron chi connectivity index (χ0n) is 16.3. The molecule has 2 aromatic rings. The lowest BCUT2D eigenvalue weighted by Crippen LogP contribution is -2.35. The van der Waals surface area contributed by atoms with Crippen LogP contribution in [0.25, 0.3) is 0 Å². The summed E-state index contributed by atoms with van der Waals surface area (Å²) in [4.78, 5) is 15.1. The zero-order chi connectivity index (χ0) is 18.4. The zero-order valence-corrected chi connectivity index (χ0v) is 18.0. The minimum atomic E-state index is -0.295. The Hall–Kier alpha value is -1.59. The molecule has 0 aromatic heterocycles. The van der Waals surface area contributed by atoms with Crippen LogP contribution < -0.4 is 11.1 Å². The molecule has 1 amide bonds. The number of nitrogens with one attached hydrogen (secondary N) is 1. The largest absolute Gasteiger partial charge is 0.352 e. The van der Waals surface area contributed by atoms with Crippen LogP contribution in [0.3, 0.4) is 0 Å². The van der Waals surface area contributed by atoms with Gasteiger partial charge in [-0.3, -0.25) is 9.69 Å². The van der Waals surface area contributed by atoms with Crippen LogP contribution in [0.5, 0.6) is 0 Å². The van der Waals surface area contributed by atoms with E-state index < -0.39 is 0 Å². The van der Waals surface area contributed by atoms with E-state index in [0.717, 1.165) is 12.1 Å². The van der Waals surface area contributed by atoms with Crippen molar-refractivity contribution in [2.24, 2.45) is 11.7 Å². The van der Waals surface area contributed by atoms with Gasteiger partial charge in [-0.1, -0.05) is 61.5 Å². The van der Waals surface area contributed by atoms with Gasteiger partial charge in [-0.2, -0.15) is 0 Å². The lowest BCUT2D eigenvalue weighted by molar-refractivity contribution is -0.125. The van der Waals surface area contributed by atoms with Crippen LogP contribution in [0.4, 0.5) is 0 Å². The molecule has 2 unspecified atom stereocenters. The Morgan fingerprint density at radius 1 is 1.00 bits per heavy atom. The van der Waals surface area contributed by atoms with Crippen LogP contribution in [0, 0.1) is 5.92 Å². The van der Waals surface area contributed by atoms with Crippen molar-refractivity contribution in [3.05, 3.63) is 71.3 Å². The molecule has 1 heterocycles. The van der Waals surface area contributed by atoms with Crippen LogP contribution in [-0.2, 0) is 17.9 Å². The van der Waals surface area contributed by atoms with Gasteiger partial charge < -0.3 is 11.1 Å². The van der Waals surface area contributed by atoms with E-state index in [-0.39, 0.29) is 42.7 Å². The smallest absolute Gasteiger partial charge is 0.225 e. The first kappa shape index (κ1) is 24.4. The van der Waals surface area contributed by atoms with Gasteiger partial charge in [-0.05, 0) is 42.6 Å². The first-order valence-electron chi connectivity index (χ1n) is 9.52. The molecule has 1 saturated heterocycles. The van der Waals surface area contributed by atoms with Gasteiger partial charge in [-0.15, -0.1) is 24.8 Å². The van der Waals surface area contributed by atoms with Gasteiger partial charge in [0.1, 0.15) is 0 Å². The van der Waals surface area contributed by atoms with Crippen molar-refractivity contribution in [3.63, 3.8) is 0 Å². The average molecular weight is 424 g/mol. The fraction of sp³-hybridized carbons (Fsp3) is 0.409. The number of carbonyl (C=O) groups excluding carboxylic acids is 1. The van der Waals surface area contributed by atoms with Crippen molar-refractivity contribution in [1.29, 1.82) is 0 Å². The second-order valence-electron chi connectivity index (χ2n) is 7.19. The summed E-state index contributed by atoms with van der Waals surface area (Å²) in [7, 11) is 0. The number of hydrogen-bond acceptors (Lipinski definition) is 3. The van der Waals surface area contributed by atoms with Crippen molar-refractivity contribution in [1.82, 2.24) is 10.2 Å². The van der Waals surface area contributed by atoms with Gasteiger partial charge in [0, 0.05) is 19.1 Å². The summed E-state index contributed by atoms with van der Waals surface area (Å²) in [6.45, 7) is 5.75. The van der Waals surface area contributed by atoms with E-state index in [1.807, 2.05) is 43.3 Å². The third-order valence-corrected chi connectivity index (χ3v) is 5.30.